The number of alkyl carbamates (subject to hydrolysis) is 1. The molecule has 0 radical (unpaired) electrons. The van der Waals surface area contributed by atoms with E-state index in [9.17, 15) is 4.79 Å². The summed E-state index contributed by atoms with van der Waals surface area (Å²) in [5.74, 6) is 0. The van der Waals surface area contributed by atoms with Gasteiger partial charge in [0.05, 0.1) is 6.10 Å². The van der Waals surface area contributed by atoms with E-state index in [-0.39, 0.29) is 16.2 Å². The molecule has 88 valence electrons. The second-order valence-electron chi connectivity index (χ2n) is 4.60. The van der Waals surface area contributed by atoms with Gasteiger partial charge >= 0.3 is 6.09 Å². The lowest BCUT2D eigenvalue weighted by atomic mass is 10.2. The van der Waals surface area contributed by atoms with E-state index in [0.717, 1.165) is 19.4 Å². The third kappa shape index (κ3) is 5.01. The fraction of sp³-hybridized carbons (Fsp3) is 0.900. The number of carbonyl (C=O) groups is 1. The lowest BCUT2D eigenvalue weighted by Crippen LogP contribution is -2.41. The van der Waals surface area contributed by atoms with Gasteiger partial charge < -0.3 is 14.8 Å². The van der Waals surface area contributed by atoms with Crippen molar-refractivity contribution in [1.29, 1.82) is 0 Å². The number of nitrogens with one attached hydrogen (secondary N) is 1. The minimum Gasteiger partial charge on any atom is -0.444 e. The summed E-state index contributed by atoms with van der Waals surface area (Å²) in [6.07, 6.45) is 1.82. The largest absolute Gasteiger partial charge is 0.444 e. The summed E-state index contributed by atoms with van der Waals surface area (Å²) >= 11 is 2.17. The van der Waals surface area contributed by atoms with Crippen molar-refractivity contribution >= 4 is 28.7 Å². The van der Waals surface area contributed by atoms with Crippen LogP contribution in [-0.2, 0) is 9.47 Å². The summed E-state index contributed by atoms with van der Waals surface area (Å²) in [6.45, 7) is 6.34. The van der Waals surface area contributed by atoms with Gasteiger partial charge in [0.25, 0.3) is 0 Å². The number of amides is 1. The highest BCUT2D eigenvalue weighted by Crippen LogP contribution is 2.20. The van der Waals surface area contributed by atoms with Gasteiger partial charge in [0.15, 0.2) is 0 Å². The van der Waals surface area contributed by atoms with Gasteiger partial charge in [-0.05, 0) is 33.6 Å². The maximum Gasteiger partial charge on any atom is 0.408 e. The van der Waals surface area contributed by atoms with E-state index in [1.54, 1.807) is 0 Å². The molecule has 4 nitrogen and oxygen atoms in total. The van der Waals surface area contributed by atoms with E-state index in [0.29, 0.717) is 0 Å². The van der Waals surface area contributed by atoms with Crippen LogP contribution >= 0.6 is 22.6 Å². The minimum atomic E-state index is -0.447. The molecule has 0 saturated carbocycles. The van der Waals surface area contributed by atoms with E-state index in [1.165, 1.54) is 0 Å². The van der Waals surface area contributed by atoms with Crippen molar-refractivity contribution in [2.45, 2.75) is 49.4 Å². The molecule has 5 heteroatoms. The second kappa shape index (κ2) is 5.34. The monoisotopic (exact) mass is 327 g/mol. The van der Waals surface area contributed by atoms with E-state index in [4.69, 9.17) is 9.47 Å². The van der Waals surface area contributed by atoms with Crippen molar-refractivity contribution < 1.29 is 14.3 Å². The molecule has 1 N–H and O–H groups in total. The van der Waals surface area contributed by atoms with Crippen LogP contribution in [0.4, 0.5) is 4.79 Å². The number of ether oxygens (including phenoxy) is 2. The molecule has 1 rings (SSSR count). The Labute approximate surface area is 104 Å². The topological polar surface area (TPSA) is 47.6 Å². The van der Waals surface area contributed by atoms with Crippen molar-refractivity contribution in [3.05, 3.63) is 0 Å². The molecule has 0 aromatic heterocycles. The van der Waals surface area contributed by atoms with Crippen LogP contribution in [0, 0.1) is 0 Å². The zero-order valence-electron chi connectivity index (χ0n) is 9.38. The van der Waals surface area contributed by atoms with Gasteiger partial charge in [-0.25, -0.2) is 4.79 Å². The number of hydrogen-bond donors (Lipinski definition) is 1. The summed E-state index contributed by atoms with van der Waals surface area (Å²) in [7, 11) is 0. The quantitative estimate of drug-likeness (QED) is 0.481. The molecular weight excluding hydrogens is 309 g/mol. The van der Waals surface area contributed by atoms with E-state index < -0.39 is 5.60 Å². The van der Waals surface area contributed by atoms with Crippen LogP contribution in [-0.4, -0.2) is 28.5 Å². The van der Waals surface area contributed by atoms with E-state index in [2.05, 4.69) is 27.9 Å². The first-order chi connectivity index (χ1) is 6.88. The van der Waals surface area contributed by atoms with Gasteiger partial charge in [-0.1, -0.05) is 22.6 Å². The molecule has 1 unspecified atom stereocenters. The van der Waals surface area contributed by atoms with Gasteiger partial charge in [-0.2, -0.15) is 0 Å². The maximum absolute atomic E-state index is 11.4. The molecule has 0 aliphatic carbocycles. The molecule has 1 fully saturated rings. The molecule has 2 atom stereocenters. The fourth-order valence-electron chi connectivity index (χ4n) is 1.35. The van der Waals surface area contributed by atoms with Crippen molar-refractivity contribution in [3.63, 3.8) is 0 Å². The Morgan fingerprint density at radius 3 is 2.73 bits per heavy atom. The van der Waals surface area contributed by atoms with Crippen molar-refractivity contribution in [2.24, 2.45) is 0 Å². The van der Waals surface area contributed by atoms with Crippen molar-refractivity contribution in [1.82, 2.24) is 5.32 Å². The zero-order chi connectivity index (χ0) is 11.5. The highest BCUT2D eigenvalue weighted by atomic mass is 127. The van der Waals surface area contributed by atoms with Crippen LogP contribution in [0.3, 0.4) is 0 Å². The third-order valence-electron chi connectivity index (χ3n) is 1.95. The maximum atomic E-state index is 11.4. The van der Waals surface area contributed by atoms with E-state index in [1.807, 2.05) is 20.8 Å². The molecule has 1 aliphatic rings. The van der Waals surface area contributed by atoms with Gasteiger partial charge in [-0.15, -0.1) is 0 Å². The minimum absolute atomic E-state index is 0.0139. The van der Waals surface area contributed by atoms with Gasteiger partial charge in [0, 0.05) is 6.61 Å². The molecule has 1 saturated heterocycles. The summed E-state index contributed by atoms with van der Waals surface area (Å²) in [6, 6.07) is 0. The summed E-state index contributed by atoms with van der Waals surface area (Å²) in [5.41, 5.74) is -0.447. The molecule has 1 amide bonds. The number of alkyl halides is 1. The Morgan fingerprint density at radius 2 is 2.27 bits per heavy atom. The lowest BCUT2D eigenvalue weighted by molar-refractivity contribution is 0.0457. The number of halogens is 1. The highest BCUT2D eigenvalue weighted by Gasteiger charge is 2.26. The molecule has 0 aromatic carbocycles. The summed E-state index contributed by atoms with van der Waals surface area (Å²) < 4.78 is 10.6. The molecular formula is C10H18INO3. The zero-order valence-corrected chi connectivity index (χ0v) is 11.5. The van der Waals surface area contributed by atoms with Crippen LogP contribution in [0.15, 0.2) is 0 Å². The first-order valence-electron chi connectivity index (χ1n) is 5.14. The van der Waals surface area contributed by atoms with Gasteiger partial charge in [0.1, 0.15) is 9.65 Å². The van der Waals surface area contributed by atoms with Crippen LogP contribution in [0.5, 0.6) is 0 Å². The van der Waals surface area contributed by atoms with Crippen LogP contribution in [0.25, 0.3) is 0 Å². The first kappa shape index (κ1) is 13.0. The predicted octanol–water partition coefficient (Wildman–Crippen LogP) is 2.45. The Bertz CT molecular complexity index is 221. The average molecular weight is 327 g/mol. The lowest BCUT2D eigenvalue weighted by Gasteiger charge is -2.23. The molecule has 1 heterocycles. The first-order valence-corrected chi connectivity index (χ1v) is 6.38. The van der Waals surface area contributed by atoms with Gasteiger partial charge in [-0.3, -0.25) is 0 Å². The molecule has 0 spiro atoms. The Morgan fingerprint density at radius 1 is 1.60 bits per heavy atom. The molecule has 15 heavy (non-hydrogen) atoms. The average Bonchev–Trinajstić information content (AvgIpc) is 2.50. The highest BCUT2D eigenvalue weighted by molar-refractivity contribution is 14.1. The standard InChI is InChI=1S/C10H18INO3/c1-10(2,3)15-9(13)12-8(11)7-5-4-6-14-7/h7-8H,4-6H2,1-3H3,(H,12,13)/t7?,8-/m0/s1. The number of carbonyl (C=O) groups excluding carboxylic acids is 1. The normalized spacial score (nSPS) is 23.6. The van der Waals surface area contributed by atoms with E-state index >= 15 is 0 Å². The van der Waals surface area contributed by atoms with Gasteiger partial charge in [0.2, 0.25) is 0 Å². The Balaban J connectivity index is 2.30. The summed E-state index contributed by atoms with van der Waals surface area (Å²) in [4.78, 5) is 11.4. The SMILES string of the molecule is CC(C)(C)OC(=O)N[C@H](I)C1CCCO1. The summed E-state index contributed by atoms with van der Waals surface area (Å²) in [5, 5.41) is 2.78. The Hall–Kier alpha value is -0.0400. The van der Waals surface area contributed by atoms with Crippen LogP contribution in [0.2, 0.25) is 0 Å². The van der Waals surface area contributed by atoms with Crippen LogP contribution in [0.1, 0.15) is 33.6 Å². The number of rotatable bonds is 2. The third-order valence-corrected chi connectivity index (χ3v) is 3.06. The smallest absolute Gasteiger partial charge is 0.408 e. The molecule has 0 aromatic rings. The van der Waals surface area contributed by atoms with Crippen molar-refractivity contribution in [2.75, 3.05) is 6.61 Å². The fourth-order valence-corrected chi connectivity index (χ4v) is 2.17. The van der Waals surface area contributed by atoms with Crippen molar-refractivity contribution in [3.8, 4) is 0 Å². The second-order valence-corrected chi connectivity index (χ2v) is 5.94. The molecule has 1 aliphatic heterocycles. The molecule has 0 bridgehead atoms. The number of hydrogen-bond acceptors (Lipinski definition) is 3. The predicted molar refractivity (Wildman–Crippen MR) is 66.2 cm³/mol. The Kier molecular flexibility index (Phi) is 4.64. The van der Waals surface area contributed by atoms with Crippen LogP contribution < -0.4 is 5.32 Å².